The summed E-state index contributed by atoms with van der Waals surface area (Å²) in [6, 6.07) is 0.205. The molecule has 0 radical (unpaired) electrons. The number of carboxylic acid groups (broad SMARTS) is 1. The molecule has 2 rings (SSSR count). The van der Waals surface area contributed by atoms with Crippen molar-refractivity contribution in [2.45, 2.75) is 50.6 Å². The van der Waals surface area contributed by atoms with Gasteiger partial charge in [-0.2, -0.15) is 0 Å². The molecule has 0 spiro atoms. The lowest BCUT2D eigenvalue weighted by molar-refractivity contribution is -0.139. The van der Waals surface area contributed by atoms with Crippen molar-refractivity contribution in [2.24, 2.45) is 5.92 Å². The minimum Gasteiger partial charge on any atom is -0.480 e. The highest BCUT2D eigenvalue weighted by Gasteiger charge is 2.33. The lowest BCUT2D eigenvalue weighted by Gasteiger charge is -2.19. The fraction of sp³-hybridized carbons (Fsp3) is 0.900. The monoisotopic (exact) mass is 183 g/mol. The van der Waals surface area contributed by atoms with Crippen LogP contribution < -0.4 is 5.32 Å². The molecule has 0 amide bonds. The Balaban J connectivity index is 2.00. The van der Waals surface area contributed by atoms with E-state index in [9.17, 15) is 4.79 Å². The number of carboxylic acids is 1. The van der Waals surface area contributed by atoms with Gasteiger partial charge >= 0.3 is 5.97 Å². The molecule has 1 aliphatic carbocycles. The molecule has 1 aliphatic heterocycles. The van der Waals surface area contributed by atoms with E-state index < -0.39 is 5.97 Å². The first kappa shape index (κ1) is 9.00. The van der Waals surface area contributed by atoms with Gasteiger partial charge in [0.1, 0.15) is 6.04 Å². The van der Waals surface area contributed by atoms with Gasteiger partial charge in [0.25, 0.3) is 0 Å². The molecule has 74 valence electrons. The maximum absolute atomic E-state index is 10.8. The Morgan fingerprint density at radius 2 is 1.85 bits per heavy atom. The molecule has 1 unspecified atom stereocenters. The van der Waals surface area contributed by atoms with Crippen molar-refractivity contribution in [1.29, 1.82) is 0 Å². The Hall–Kier alpha value is -0.570. The van der Waals surface area contributed by atoms with Gasteiger partial charge in [0, 0.05) is 6.04 Å². The van der Waals surface area contributed by atoms with Crippen LogP contribution in [0.25, 0.3) is 0 Å². The van der Waals surface area contributed by atoms with E-state index in [0.29, 0.717) is 6.04 Å². The summed E-state index contributed by atoms with van der Waals surface area (Å²) in [5.74, 6) is 0.0805. The van der Waals surface area contributed by atoms with Gasteiger partial charge in [-0.05, 0) is 31.6 Å². The third-order valence-electron chi connectivity index (χ3n) is 3.44. The van der Waals surface area contributed by atoms with Crippen molar-refractivity contribution in [3.05, 3.63) is 0 Å². The molecule has 1 heterocycles. The van der Waals surface area contributed by atoms with Crippen LogP contribution in [0.5, 0.6) is 0 Å². The van der Waals surface area contributed by atoms with Gasteiger partial charge in [0.05, 0.1) is 0 Å². The van der Waals surface area contributed by atoms with Crippen LogP contribution in [0.15, 0.2) is 0 Å². The van der Waals surface area contributed by atoms with Gasteiger partial charge in [-0.3, -0.25) is 4.79 Å². The smallest absolute Gasteiger partial charge is 0.320 e. The van der Waals surface area contributed by atoms with Crippen molar-refractivity contribution in [2.75, 3.05) is 0 Å². The highest BCUT2D eigenvalue weighted by atomic mass is 16.4. The second-order valence-electron chi connectivity index (χ2n) is 4.29. The van der Waals surface area contributed by atoms with E-state index in [1.54, 1.807) is 0 Å². The topological polar surface area (TPSA) is 49.3 Å². The minimum atomic E-state index is -0.674. The first-order valence-corrected chi connectivity index (χ1v) is 5.26. The average Bonchev–Trinajstić information content (AvgIpc) is 2.42. The summed E-state index contributed by atoms with van der Waals surface area (Å²) in [5, 5.41) is 12.2. The number of fused-ring (bicyclic) bond motifs is 1. The molecule has 0 aromatic heterocycles. The molecule has 13 heavy (non-hydrogen) atoms. The number of hydrogen-bond acceptors (Lipinski definition) is 2. The van der Waals surface area contributed by atoms with Crippen LogP contribution in [0.2, 0.25) is 0 Å². The van der Waals surface area contributed by atoms with E-state index in [1.165, 1.54) is 25.7 Å². The number of nitrogens with one attached hydrogen (secondary N) is 1. The van der Waals surface area contributed by atoms with Gasteiger partial charge in [0.2, 0.25) is 0 Å². The van der Waals surface area contributed by atoms with E-state index in [2.05, 4.69) is 5.32 Å². The number of hydrogen-bond donors (Lipinski definition) is 2. The summed E-state index contributed by atoms with van der Waals surface area (Å²) in [6.45, 7) is 0. The van der Waals surface area contributed by atoms with E-state index in [0.717, 1.165) is 18.8 Å². The Kier molecular flexibility index (Phi) is 2.54. The third-order valence-corrected chi connectivity index (χ3v) is 3.44. The first-order chi connectivity index (χ1) is 6.27. The van der Waals surface area contributed by atoms with Crippen molar-refractivity contribution in [1.82, 2.24) is 5.32 Å². The molecule has 3 atom stereocenters. The first-order valence-electron chi connectivity index (χ1n) is 5.26. The predicted octanol–water partition coefficient (Wildman–Crippen LogP) is 1.38. The second kappa shape index (κ2) is 3.66. The number of carbonyl (C=O) groups is 1. The Bertz CT molecular complexity index is 205. The van der Waals surface area contributed by atoms with Crippen LogP contribution in [0.3, 0.4) is 0 Å². The summed E-state index contributed by atoms with van der Waals surface area (Å²) >= 11 is 0. The SMILES string of the molecule is O=C(O)C1CCC[C@H]2CCC[C@H]2N1. The van der Waals surface area contributed by atoms with Crippen LogP contribution in [-0.2, 0) is 4.79 Å². The quantitative estimate of drug-likeness (QED) is 0.645. The molecular formula is C10H17NO2. The molecule has 2 fully saturated rings. The van der Waals surface area contributed by atoms with Crippen molar-refractivity contribution in [3.8, 4) is 0 Å². The Morgan fingerprint density at radius 1 is 1.15 bits per heavy atom. The number of aliphatic carboxylic acids is 1. The summed E-state index contributed by atoms with van der Waals surface area (Å²) in [7, 11) is 0. The van der Waals surface area contributed by atoms with E-state index >= 15 is 0 Å². The largest absolute Gasteiger partial charge is 0.480 e. The zero-order valence-corrected chi connectivity index (χ0v) is 7.83. The summed E-state index contributed by atoms with van der Waals surface area (Å²) in [6.07, 6.45) is 6.85. The minimum absolute atomic E-state index is 0.284. The lowest BCUT2D eigenvalue weighted by atomic mass is 9.99. The van der Waals surface area contributed by atoms with Crippen LogP contribution >= 0.6 is 0 Å². The molecule has 3 nitrogen and oxygen atoms in total. The lowest BCUT2D eigenvalue weighted by Crippen LogP contribution is -2.42. The van der Waals surface area contributed by atoms with E-state index in [4.69, 9.17) is 5.11 Å². The van der Waals surface area contributed by atoms with Crippen LogP contribution in [-0.4, -0.2) is 23.2 Å². The average molecular weight is 183 g/mol. The summed E-state index contributed by atoms with van der Waals surface area (Å²) < 4.78 is 0. The predicted molar refractivity (Wildman–Crippen MR) is 49.5 cm³/mol. The molecule has 0 aromatic carbocycles. The van der Waals surface area contributed by atoms with Gasteiger partial charge in [-0.15, -0.1) is 0 Å². The normalized spacial score (nSPS) is 39.5. The van der Waals surface area contributed by atoms with Crippen molar-refractivity contribution >= 4 is 5.97 Å². The van der Waals surface area contributed by atoms with Gasteiger partial charge in [-0.1, -0.05) is 12.8 Å². The van der Waals surface area contributed by atoms with Gasteiger partial charge < -0.3 is 10.4 Å². The molecule has 1 saturated heterocycles. The highest BCUT2D eigenvalue weighted by Crippen LogP contribution is 2.32. The van der Waals surface area contributed by atoms with Crippen LogP contribution in [0.4, 0.5) is 0 Å². The Morgan fingerprint density at radius 3 is 2.54 bits per heavy atom. The molecule has 0 bridgehead atoms. The molecule has 0 aromatic rings. The fourth-order valence-electron chi connectivity index (χ4n) is 2.72. The maximum Gasteiger partial charge on any atom is 0.320 e. The molecule has 2 N–H and O–H groups in total. The van der Waals surface area contributed by atoms with Gasteiger partial charge in [0.15, 0.2) is 0 Å². The van der Waals surface area contributed by atoms with Gasteiger partial charge in [-0.25, -0.2) is 0 Å². The number of rotatable bonds is 1. The summed E-state index contributed by atoms with van der Waals surface area (Å²) in [4.78, 5) is 10.8. The van der Waals surface area contributed by atoms with Crippen molar-refractivity contribution < 1.29 is 9.90 Å². The van der Waals surface area contributed by atoms with Crippen LogP contribution in [0.1, 0.15) is 38.5 Å². The maximum atomic E-state index is 10.8. The highest BCUT2D eigenvalue weighted by molar-refractivity contribution is 5.73. The fourth-order valence-corrected chi connectivity index (χ4v) is 2.72. The third kappa shape index (κ3) is 1.85. The second-order valence-corrected chi connectivity index (χ2v) is 4.29. The Labute approximate surface area is 78.5 Å². The summed E-state index contributed by atoms with van der Waals surface area (Å²) in [5.41, 5.74) is 0. The molecule has 2 aliphatic rings. The standard InChI is InChI=1S/C10H17NO2/c12-10(13)9-6-2-4-7-3-1-5-8(7)11-9/h7-9,11H,1-6H2,(H,12,13)/t7-,8-,9?/m1/s1. The van der Waals surface area contributed by atoms with Crippen LogP contribution in [0, 0.1) is 5.92 Å². The molecule has 1 saturated carbocycles. The zero-order chi connectivity index (χ0) is 9.26. The molecule has 3 heteroatoms. The zero-order valence-electron chi connectivity index (χ0n) is 7.83. The van der Waals surface area contributed by atoms with Crippen molar-refractivity contribution in [3.63, 3.8) is 0 Å². The van der Waals surface area contributed by atoms with E-state index in [1.807, 2.05) is 0 Å². The van der Waals surface area contributed by atoms with E-state index in [-0.39, 0.29) is 6.04 Å². The molecular weight excluding hydrogens is 166 g/mol.